The van der Waals surface area contributed by atoms with Gasteiger partial charge in [0.15, 0.2) is 0 Å². The predicted molar refractivity (Wildman–Crippen MR) is 44.1 cm³/mol. The first-order chi connectivity index (χ1) is 4.60. The van der Waals surface area contributed by atoms with E-state index >= 15 is 0 Å². The van der Waals surface area contributed by atoms with Gasteiger partial charge in [0.25, 0.3) is 0 Å². The third kappa shape index (κ3) is 2.30. The molecule has 1 radical (unpaired) electrons. The summed E-state index contributed by atoms with van der Waals surface area (Å²) in [6, 6.07) is 0. The van der Waals surface area contributed by atoms with Gasteiger partial charge < -0.3 is 0 Å². The van der Waals surface area contributed by atoms with Crippen molar-refractivity contribution in [2.75, 3.05) is 6.54 Å². The van der Waals surface area contributed by atoms with E-state index in [-0.39, 0.29) is 5.54 Å². The van der Waals surface area contributed by atoms with E-state index in [0.717, 1.165) is 12.5 Å². The van der Waals surface area contributed by atoms with Crippen molar-refractivity contribution in [3.63, 3.8) is 0 Å². The van der Waals surface area contributed by atoms with Crippen LogP contribution in [-0.2, 0) is 0 Å². The zero-order valence-corrected chi connectivity index (χ0v) is 7.35. The molecule has 1 aliphatic rings. The second-order valence-electron chi connectivity index (χ2n) is 4.13. The maximum atomic E-state index is 4.61. The van der Waals surface area contributed by atoms with Crippen LogP contribution in [0.5, 0.6) is 0 Å². The van der Waals surface area contributed by atoms with Gasteiger partial charge in [0.05, 0.1) is 0 Å². The van der Waals surface area contributed by atoms with Crippen molar-refractivity contribution in [2.45, 2.75) is 45.6 Å². The maximum absolute atomic E-state index is 4.61. The van der Waals surface area contributed by atoms with Gasteiger partial charge in [-0.15, -0.1) is 0 Å². The van der Waals surface area contributed by atoms with E-state index in [1.807, 2.05) is 0 Å². The highest BCUT2D eigenvalue weighted by atomic mass is 15.0. The van der Waals surface area contributed by atoms with Crippen molar-refractivity contribution < 1.29 is 0 Å². The molecule has 1 aliphatic heterocycles. The third-order valence-electron chi connectivity index (χ3n) is 2.41. The Hall–Kier alpha value is -0.0400. The van der Waals surface area contributed by atoms with Gasteiger partial charge in [-0.3, -0.25) is 0 Å². The van der Waals surface area contributed by atoms with Crippen LogP contribution in [0.1, 0.15) is 40.0 Å². The number of nitrogens with zero attached hydrogens (tertiary/aromatic N) is 1. The van der Waals surface area contributed by atoms with Crippen LogP contribution in [0.15, 0.2) is 0 Å². The molecule has 1 saturated heterocycles. The summed E-state index contributed by atoms with van der Waals surface area (Å²) >= 11 is 0. The van der Waals surface area contributed by atoms with Gasteiger partial charge in [0, 0.05) is 12.1 Å². The van der Waals surface area contributed by atoms with Crippen LogP contribution >= 0.6 is 0 Å². The summed E-state index contributed by atoms with van der Waals surface area (Å²) in [6.07, 6.45) is 3.92. The van der Waals surface area contributed by atoms with Crippen molar-refractivity contribution in [3.8, 4) is 0 Å². The van der Waals surface area contributed by atoms with E-state index in [2.05, 4.69) is 26.1 Å². The molecular formula is C9H18N. The molecule has 1 unspecified atom stereocenters. The van der Waals surface area contributed by atoms with Gasteiger partial charge in [0.2, 0.25) is 0 Å². The molecule has 0 aromatic carbocycles. The average Bonchev–Trinajstić information content (AvgIpc) is 1.94. The zero-order valence-electron chi connectivity index (χ0n) is 7.35. The van der Waals surface area contributed by atoms with Crippen LogP contribution in [0.3, 0.4) is 0 Å². The van der Waals surface area contributed by atoms with Gasteiger partial charge >= 0.3 is 0 Å². The number of hydrogen-bond acceptors (Lipinski definition) is 0. The Labute approximate surface area is 64.2 Å². The van der Waals surface area contributed by atoms with Gasteiger partial charge in [-0.2, -0.15) is 0 Å². The Morgan fingerprint density at radius 1 is 1.30 bits per heavy atom. The first-order valence-electron chi connectivity index (χ1n) is 4.29. The van der Waals surface area contributed by atoms with Crippen LogP contribution in [0.25, 0.3) is 0 Å². The molecule has 1 fully saturated rings. The average molecular weight is 140 g/mol. The Balaban J connectivity index is 2.41. The van der Waals surface area contributed by atoms with Crippen LogP contribution < -0.4 is 5.32 Å². The minimum absolute atomic E-state index is 0.269. The van der Waals surface area contributed by atoms with Crippen LogP contribution in [0.4, 0.5) is 0 Å². The molecule has 1 rings (SSSR count). The molecule has 10 heavy (non-hydrogen) atoms. The molecule has 1 nitrogen and oxygen atoms in total. The van der Waals surface area contributed by atoms with E-state index in [1.54, 1.807) is 0 Å². The predicted octanol–water partition coefficient (Wildman–Crippen LogP) is 2.19. The Morgan fingerprint density at radius 3 is 2.70 bits per heavy atom. The molecule has 1 heteroatoms. The fourth-order valence-corrected chi connectivity index (χ4v) is 1.41. The summed E-state index contributed by atoms with van der Waals surface area (Å²) in [5.74, 6) is 0.894. The molecule has 0 aromatic heterocycles. The monoisotopic (exact) mass is 140 g/mol. The molecule has 0 amide bonds. The fourth-order valence-electron chi connectivity index (χ4n) is 1.41. The van der Waals surface area contributed by atoms with E-state index in [0.29, 0.717) is 0 Å². The molecule has 1 atom stereocenters. The summed E-state index contributed by atoms with van der Waals surface area (Å²) in [4.78, 5) is 0. The molecule has 59 valence electrons. The minimum atomic E-state index is 0.269. The number of hydrogen-bond donors (Lipinski definition) is 0. The summed E-state index contributed by atoms with van der Waals surface area (Å²) in [5, 5.41) is 4.61. The molecular weight excluding hydrogens is 122 g/mol. The van der Waals surface area contributed by atoms with E-state index in [4.69, 9.17) is 0 Å². The minimum Gasteiger partial charge on any atom is -0.236 e. The molecule has 0 spiro atoms. The highest BCUT2D eigenvalue weighted by Gasteiger charge is 2.22. The highest BCUT2D eigenvalue weighted by molar-refractivity contribution is 4.80. The maximum Gasteiger partial charge on any atom is 0.0300 e. The molecule has 0 saturated carbocycles. The molecule has 1 heterocycles. The second kappa shape index (κ2) is 2.91. The molecule has 0 aromatic rings. The first kappa shape index (κ1) is 8.06. The standard InChI is InChI=1S/C9H18N/c1-8-4-6-9(2,3)10-7-5-8/h8H,4-7H2,1-3H3. The third-order valence-corrected chi connectivity index (χ3v) is 2.41. The van der Waals surface area contributed by atoms with Gasteiger partial charge in [0.1, 0.15) is 0 Å². The van der Waals surface area contributed by atoms with Crippen molar-refractivity contribution in [2.24, 2.45) is 5.92 Å². The Kier molecular flexibility index (Phi) is 2.35. The normalized spacial score (nSPS) is 33.3. The van der Waals surface area contributed by atoms with E-state index in [9.17, 15) is 0 Å². The smallest absolute Gasteiger partial charge is 0.0300 e. The van der Waals surface area contributed by atoms with E-state index < -0.39 is 0 Å². The van der Waals surface area contributed by atoms with Crippen molar-refractivity contribution in [3.05, 3.63) is 0 Å². The fraction of sp³-hybridized carbons (Fsp3) is 1.00. The van der Waals surface area contributed by atoms with Crippen LogP contribution in [0, 0.1) is 5.92 Å². The van der Waals surface area contributed by atoms with Gasteiger partial charge in [-0.05, 0) is 39.0 Å². The summed E-state index contributed by atoms with van der Waals surface area (Å²) in [6.45, 7) is 7.89. The van der Waals surface area contributed by atoms with Crippen molar-refractivity contribution in [1.29, 1.82) is 0 Å². The van der Waals surface area contributed by atoms with Crippen molar-refractivity contribution >= 4 is 0 Å². The van der Waals surface area contributed by atoms with Crippen LogP contribution in [-0.4, -0.2) is 12.1 Å². The summed E-state index contributed by atoms with van der Waals surface area (Å²) < 4.78 is 0. The van der Waals surface area contributed by atoms with E-state index in [1.165, 1.54) is 19.3 Å². The SMILES string of the molecule is CC1CC[N]C(C)(C)CC1. The molecule has 0 bridgehead atoms. The van der Waals surface area contributed by atoms with Crippen molar-refractivity contribution in [1.82, 2.24) is 5.32 Å². The van der Waals surface area contributed by atoms with Gasteiger partial charge in [-0.25, -0.2) is 5.32 Å². The largest absolute Gasteiger partial charge is 0.236 e. The molecule has 0 N–H and O–H groups in total. The Morgan fingerprint density at radius 2 is 2.00 bits per heavy atom. The Bertz CT molecular complexity index is 107. The lowest BCUT2D eigenvalue weighted by Crippen LogP contribution is -2.31. The lowest BCUT2D eigenvalue weighted by Gasteiger charge is -2.21. The zero-order chi connectivity index (χ0) is 7.61. The second-order valence-corrected chi connectivity index (χ2v) is 4.13. The summed E-state index contributed by atoms with van der Waals surface area (Å²) in [7, 11) is 0. The first-order valence-corrected chi connectivity index (χ1v) is 4.29. The van der Waals surface area contributed by atoms with Gasteiger partial charge in [-0.1, -0.05) is 6.92 Å². The summed E-state index contributed by atoms with van der Waals surface area (Å²) in [5.41, 5.74) is 0.269. The lowest BCUT2D eigenvalue weighted by atomic mass is 9.95. The quantitative estimate of drug-likeness (QED) is 0.489. The highest BCUT2D eigenvalue weighted by Crippen LogP contribution is 2.22. The topological polar surface area (TPSA) is 14.1 Å². The molecule has 0 aliphatic carbocycles. The number of rotatable bonds is 0. The lowest BCUT2D eigenvalue weighted by molar-refractivity contribution is 0.370. The van der Waals surface area contributed by atoms with Crippen LogP contribution in [0.2, 0.25) is 0 Å².